The highest BCUT2D eigenvalue weighted by Crippen LogP contribution is 2.29. The zero-order chi connectivity index (χ0) is 20.7. The highest BCUT2D eigenvalue weighted by atomic mass is 35.5. The largest absolute Gasteiger partial charge is 0.482 e. The molecule has 0 heterocycles. The Hall–Kier alpha value is -1.80. The van der Waals surface area contributed by atoms with Gasteiger partial charge in [0.25, 0.3) is 5.91 Å². The van der Waals surface area contributed by atoms with Gasteiger partial charge in [-0.3, -0.25) is 4.79 Å². The van der Waals surface area contributed by atoms with Gasteiger partial charge in [0, 0.05) is 29.7 Å². The van der Waals surface area contributed by atoms with Crippen LogP contribution in [0.3, 0.4) is 0 Å². The minimum absolute atomic E-state index is 0.0670. The molecule has 0 fully saturated rings. The molecule has 0 aromatic heterocycles. The van der Waals surface area contributed by atoms with Gasteiger partial charge in [-0.25, -0.2) is 8.42 Å². The first-order valence-electron chi connectivity index (χ1n) is 8.72. The summed E-state index contributed by atoms with van der Waals surface area (Å²) in [5.74, 6) is -0.328. The summed E-state index contributed by atoms with van der Waals surface area (Å²) in [6, 6.07) is 11.4. The molecule has 0 aliphatic rings. The lowest BCUT2D eigenvalue weighted by Gasteiger charge is -2.20. The summed E-state index contributed by atoms with van der Waals surface area (Å²) in [6.45, 7) is 4.01. The van der Waals surface area contributed by atoms with Crippen molar-refractivity contribution in [3.8, 4) is 5.75 Å². The average molecular weight is 445 g/mol. The molecule has 2 rings (SSSR count). The lowest BCUT2D eigenvalue weighted by molar-refractivity contribution is -0.123. The fraction of sp³-hybridized carbons (Fsp3) is 0.316. The van der Waals surface area contributed by atoms with Crippen molar-refractivity contribution in [2.75, 3.05) is 19.7 Å². The SMILES string of the molecule is CCN(CC)S(=O)(=O)c1cc(Cl)ccc1OCC(=O)NCc1ccccc1Cl. The number of halogens is 2. The molecule has 1 amide bonds. The summed E-state index contributed by atoms with van der Waals surface area (Å²) in [5.41, 5.74) is 0.772. The molecule has 2 aromatic rings. The molecule has 0 saturated carbocycles. The van der Waals surface area contributed by atoms with E-state index in [4.69, 9.17) is 27.9 Å². The van der Waals surface area contributed by atoms with Crippen molar-refractivity contribution in [3.05, 3.63) is 58.1 Å². The van der Waals surface area contributed by atoms with Gasteiger partial charge >= 0.3 is 0 Å². The number of sulfonamides is 1. The van der Waals surface area contributed by atoms with E-state index in [1.807, 2.05) is 6.07 Å². The monoisotopic (exact) mass is 444 g/mol. The van der Waals surface area contributed by atoms with Gasteiger partial charge in [0.15, 0.2) is 6.61 Å². The van der Waals surface area contributed by atoms with Crippen LogP contribution in [0.5, 0.6) is 5.75 Å². The van der Waals surface area contributed by atoms with Gasteiger partial charge in [-0.15, -0.1) is 0 Å². The van der Waals surface area contributed by atoms with Crippen LogP contribution < -0.4 is 10.1 Å². The molecule has 0 radical (unpaired) electrons. The number of ether oxygens (including phenoxy) is 1. The topological polar surface area (TPSA) is 75.7 Å². The molecule has 0 aliphatic heterocycles. The van der Waals surface area contributed by atoms with E-state index in [2.05, 4.69) is 5.32 Å². The Kier molecular flexibility index (Phi) is 8.12. The maximum atomic E-state index is 12.8. The zero-order valence-corrected chi connectivity index (χ0v) is 17.9. The smallest absolute Gasteiger partial charge is 0.258 e. The van der Waals surface area contributed by atoms with Crippen molar-refractivity contribution < 1.29 is 17.9 Å². The number of carbonyl (C=O) groups excluding carboxylic acids is 1. The third kappa shape index (κ3) is 5.61. The van der Waals surface area contributed by atoms with Crippen LogP contribution in [0.1, 0.15) is 19.4 Å². The van der Waals surface area contributed by atoms with Crippen LogP contribution in [-0.4, -0.2) is 38.3 Å². The van der Waals surface area contributed by atoms with Crippen LogP contribution in [0.25, 0.3) is 0 Å². The second-order valence-corrected chi connectivity index (χ2v) is 8.59. The van der Waals surface area contributed by atoms with Crippen LogP contribution in [0.2, 0.25) is 10.0 Å². The molecular formula is C19H22Cl2N2O4S. The van der Waals surface area contributed by atoms with E-state index in [9.17, 15) is 13.2 Å². The van der Waals surface area contributed by atoms with Crippen molar-refractivity contribution in [1.29, 1.82) is 0 Å². The van der Waals surface area contributed by atoms with E-state index in [0.29, 0.717) is 18.1 Å². The molecule has 0 atom stereocenters. The number of nitrogens with zero attached hydrogens (tertiary/aromatic N) is 1. The zero-order valence-electron chi connectivity index (χ0n) is 15.6. The minimum Gasteiger partial charge on any atom is -0.482 e. The van der Waals surface area contributed by atoms with Gasteiger partial charge < -0.3 is 10.1 Å². The third-order valence-corrected chi connectivity index (χ3v) is 6.70. The van der Waals surface area contributed by atoms with Crippen LogP contribution in [0.15, 0.2) is 47.4 Å². The van der Waals surface area contributed by atoms with Crippen molar-refractivity contribution >= 4 is 39.1 Å². The lowest BCUT2D eigenvalue weighted by atomic mass is 10.2. The van der Waals surface area contributed by atoms with Crippen molar-refractivity contribution in [3.63, 3.8) is 0 Å². The van der Waals surface area contributed by atoms with Crippen molar-refractivity contribution in [2.24, 2.45) is 0 Å². The summed E-state index contributed by atoms with van der Waals surface area (Å²) in [4.78, 5) is 12.0. The Morgan fingerprint density at radius 3 is 2.43 bits per heavy atom. The van der Waals surface area contributed by atoms with Gasteiger partial charge in [0.2, 0.25) is 10.0 Å². The molecule has 0 unspecified atom stereocenters. The number of benzene rings is 2. The fourth-order valence-electron chi connectivity index (χ4n) is 2.54. The number of hydrogen-bond donors (Lipinski definition) is 1. The van der Waals surface area contributed by atoms with Crippen LogP contribution in [-0.2, 0) is 21.4 Å². The van der Waals surface area contributed by atoms with Gasteiger partial charge in [-0.05, 0) is 29.8 Å². The summed E-state index contributed by atoms with van der Waals surface area (Å²) >= 11 is 12.0. The summed E-state index contributed by atoms with van der Waals surface area (Å²) in [5, 5.41) is 3.51. The Balaban J connectivity index is 2.10. The Bertz CT molecular complexity index is 931. The van der Waals surface area contributed by atoms with E-state index < -0.39 is 15.9 Å². The number of nitrogens with one attached hydrogen (secondary N) is 1. The van der Waals surface area contributed by atoms with Crippen LogP contribution >= 0.6 is 23.2 Å². The molecule has 1 N–H and O–H groups in total. The highest BCUT2D eigenvalue weighted by Gasteiger charge is 2.26. The molecular weight excluding hydrogens is 423 g/mol. The number of hydrogen-bond acceptors (Lipinski definition) is 4. The van der Waals surface area contributed by atoms with Crippen molar-refractivity contribution in [1.82, 2.24) is 9.62 Å². The number of rotatable bonds is 9. The maximum Gasteiger partial charge on any atom is 0.258 e. The first kappa shape index (κ1) is 22.5. The average Bonchev–Trinajstić information content (AvgIpc) is 2.67. The normalized spacial score (nSPS) is 11.5. The van der Waals surface area contributed by atoms with Gasteiger partial charge in [0.05, 0.1) is 0 Å². The Labute approximate surface area is 175 Å². The van der Waals surface area contributed by atoms with Crippen LogP contribution in [0, 0.1) is 0 Å². The van der Waals surface area contributed by atoms with Crippen LogP contribution in [0.4, 0.5) is 0 Å². The molecule has 0 spiro atoms. The number of carbonyl (C=O) groups is 1. The molecule has 6 nitrogen and oxygen atoms in total. The van der Waals surface area contributed by atoms with Crippen molar-refractivity contribution in [2.45, 2.75) is 25.3 Å². The molecule has 0 saturated heterocycles. The maximum absolute atomic E-state index is 12.8. The summed E-state index contributed by atoms with van der Waals surface area (Å²) < 4.78 is 32.4. The predicted molar refractivity (Wildman–Crippen MR) is 110 cm³/mol. The van der Waals surface area contributed by atoms with E-state index in [-0.39, 0.29) is 28.8 Å². The first-order valence-corrected chi connectivity index (χ1v) is 10.9. The number of amides is 1. The van der Waals surface area contributed by atoms with Gasteiger partial charge in [0.1, 0.15) is 10.6 Å². The molecule has 0 aliphatic carbocycles. The van der Waals surface area contributed by atoms with E-state index in [1.165, 1.54) is 22.5 Å². The predicted octanol–water partition coefficient (Wildman–Crippen LogP) is 3.72. The van der Waals surface area contributed by atoms with Gasteiger partial charge in [-0.1, -0.05) is 55.2 Å². The van der Waals surface area contributed by atoms with Gasteiger partial charge in [-0.2, -0.15) is 4.31 Å². The molecule has 9 heteroatoms. The first-order chi connectivity index (χ1) is 13.3. The molecule has 2 aromatic carbocycles. The van der Waals surface area contributed by atoms with E-state index in [1.54, 1.807) is 32.0 Å². The molecule has 152 valence electrons. The minimum atomic E-state index is -3.79. The Morgan fingerprint density at radius 2 is 1.79 bits per heavy atom. The third-order valence-electron chi connectivity index (χ3n) is 4.02. The molecule has 0 bridgehead atoms. The lowest BCUT2D eigenvalue weighted by Crippen LogP contribution is -2.32. The second kappa shape index (κ2) is 10.1. The summed E-state index contributed by atoms with van der Waals surface area (Å²) in [7, 11) is -3.79. The second-order valence-electron chi connectivity index (χ2n) is 5.84. The standard InChI is InChI=1S/C19H22Cl2N2O4S/c1-3-23(4-2)28(25,26)18-11-15(20)9-10-17(18)27-13-19(24)22-12-14-7-5-6-8-16(14)21/h5-11H,3-4,12-13H2,1-2H3,(H,22,24). The molecule has 28 heavy (non-hydrogen) atoms. The van der Waals surface area contributed by atoms with E-state index in [0.717, 1.165) is 5.56 Å². The highest BCUT2D eigenvalue weighted by molar-refractivity contribution is 7.89. The summed E-state index contributed by atoms with van der Waals surface area (Å²) in [6.07, 6.45) is 0. The fourth-order valence-corrected chi connectivity index (χ4v) is 4.59. The Morgan fingerprint density at radius 1 is 1.11 bits per heavy atom. The van der Waals surface area contributed by atoms with E-state index >= 15 is 0 Å². The quantitative estimate of drug-likeness (QED) is 0.639.